The van der Waals surface area contributed by atoms with E-state index in [4.69, 9.17) is 4.74 Å². The quantitative estimate of drug-likeness (QED) is 0.870. The summed E-state index contributed by atoms with van der Waals surface area (Å²) in [5.41, 5.74) is 2.49. The number of nitrogens with zero attached hydrogens (tertiary/aromatic N) is 2. The van der Waals surface area contributed by atoms with E-state index in [1.165, 1.54) is 0 Å². The molecule has 5 heteroatoms. The number of benzene rings is 1. The maximum absolute atomic E-state index is 13.4. The first-order valence-corrected chi connectivity index (χ1v) is 6.19. The number of methoxy groups -OCH3 is 1. The van der Waals surface area contributed by atoms with Crippen LogP contribution in [0.3, 0.4) is 0 Å². The third-order valence-corrected chi connectivity index (χ3v) is 2.89. The minimum atomic E-state index is -0.171. The fourth-order valence-corrected chi connectivity index (χ4v) is 1.71. The lowest BCUT2D eigenvalue weighted by atomic mass is 10.1. The number of aryl methyl sites for hydroxylation is 1. The second kappa shape index (κ2) is 6.33. The highest BCUT2D eigenvalue weighted by atomic mass is 19.1. The minimum absolute atomic E-state index is 0.171. The van der Waals surface area contributed by atoms with Crippen LogP contribution in [0.25, 0.3) is 0 Å². The highest BCUT2D eigenvalue weighted by Crippen LogP contribution is 2.12. The summed E-state index contributed by atoms with van der Waals surface area (Å²) in [5, 5.41) is 7.41. The fraction of sp³-hybridized carbons (Fsp3) is 0.357. The van der Waals surface area contributed by atoms with Gasteiger partial charge in [-0.1, -0.05) is 12.1 Å². The molecule has 1 aromatic heterocycles. The third kappa shape index (κ3) is 3.79. The van der Waals surface area contributed by atoms with Gasteiger partial charge in [-0.2, -0.15) is 5.10 Å². The van der Waals surface area contributed by atoms with Crippen molar-refractivity contribution in [2.45, 2.75) is 20.0 Å². The predicted octanol–water partition coefficient (Wildman–Crippen LogP) is 2.59. The van der Waals surface area contributed by atoms with Gasteiger partial charge in [0.1, 0.15) is 5.82 Å². The molecule has 1 N–H and O–H groups in total. The summed E-state index contributed by atoms with van der Waals surface area (Å²) < 4.78 is 20.2. The number of rotatable bonds is 6. The normalized spacial score (nSPS) is 10.7. The number of nitrogens with one attached hydrogen (secondary N) is 1. The molecular formula is C14H18FN3O. The van der Waals surface area contributed by atoms with Gasteiger partial charge in [0.25, 0.3) is 0 Å². The summed E-state index contributed by atoms with van der Waals surface area (Å²) >= 11 is 0. The lowest BCUT2D eigenvalue weighted by Gasteiger charge is -2.05. The Morgan fingerprint density at radius 1 is 1.42 bits per heavy atom. The van der Waals surface area contributed by atoms with E-state index in [1.54, 1.807) is 32.4 Å². The predicted molar refractivity (Wildman–Crippen MR) is 72.6 cm³/mol. The molecule has 1 aromatic carbocycles. The van der Waals surface area contributed by atoms with Gasteiger partial charge in [-0.3, -0.25) is 4.68 Å². The van der Waals surface area contributed by atoms with Crippen molar-refractivity contribution in [2.75, 3.05) is 19.0 Å². The van der Waals surface area contributed by atoms with Crippen LogP contribution < -0.4 is 5.32 Å². The van der Waals surface area contributed by atoms with Crippen LogP contribution in [0, 0.1) is 12.7 Å². The van der Waals surface area contributed by atoms with Gasteiger partial charge in [-0.05, 0) is 24.1 Å². The van der Waals surface area contributed by atoms with E-state index < -0.39 is 0 Å². The molecule has 0 radical (unpaired) electrons. The molecule has 0 saturated heterocycles. The Kier molecular flexibility index (Phi) is 4.52. The molecule has 2 aromatic rings. The average molecular weight is 263 g/mol. The van der Waals surface area contributed by atoms with E-state index in [-0.39, 0.29) is 5.82 Å². The number of anilines is 1. The molecule has 0 fully saturated rings. The molecule has 19 heavy (non-hydrogen) atoms. The SMILES string of the molecule is COCCn1cc(NCc2ccc(C)c(F)c2)cn1. The first kappa shape index (κ1) is 13.5. The first-order valence-electron chi connectivity index (χ1n) is 6.19. The Labute approximate surface area is 112 Å². The van der Waals surface area contributed by atoms with Crippen LogP contribution in [0.4, 0.5) is 10.1 Å². The zero-order chi connectivity index (χ0) is 13.7. The van der Waals surface area contributed by atoms with Gasteiger partial charge in [0.15, 0.2) is 0 Å². The Morgan fingerprint density at radius 3 is 3.00 bits per heavy atom. The minimum Gasteiger partial charge on any atom is -0.383 e. The van der Waals surface area contributed by atoms with Crippen molar-refractivity contribution in [3.63, 3.8) is 0 Å². The zero-order valence-corrected chi connectivity index (χ0v) is 11.2. The Hall–Kier alpha value is -1.88. The van der Waals surface area contributed by atoms with Crippen LogP contribution in [0.15, 0.2) is 30.6 Å². The molecule has 0 spiro atoms. The van der Waals surface area contributed by atoms with Crippen molar-refractivity contribution in [1.82, 2.24) is 9.78 Å². The summed E-state index contributed by atoms with van der Waals surface area (Å²) in [5.74, 6) is -0.171. The van der Waals surface area contributed by atoms with Crippen LogP contribution in [0.5, 0.6) is 0 Å². The average Bonchev–Trinajstić information content (AvgIpc) is 2.86. The summed E-state index contributed by atoms with van der Waals surface area (Å²) in [4.78, 5) is 0. The Morgan fingerprint density at radius 2 is 2.26 bits per heavy atom. The highest BCUT2D eigenvalue weighted by Gasteiger charge is 2.01. The van der Waals surface area contributed by atoms with Crippen molar-refractivity contribution in [1.29, 1.82) is 0 Å². The third-order valence-electron chi connectivity index (χ3n) is 2.89. The molecular weight excluding hydrogens is 245 g/mol. The van der Waals surface area contributed by atoms with Gasteiger partial charge in [-0.15, -0.1) is 0 Å². The smallest absolute Gasteiger partial charge is 0.126 e. The van der Waals surface area contributed by atoms with Gasteiger partial charge in [0, 0.05) is 19.9 Å². The van der Waals surface area contributed by atoms with Crippen LogP contribution in [-0.2, 0) is 17.8 Å². The standard InChI is InChI=1S/C14H18FN3O/c1-11-3-4-12(7-14(11)15)8-16-13-9-17-18(10-13)5-6-19-2/h3-4,7,9-10,16H,5-6,8H2,1-2H3. The molecule has 0 atom stereocenters. The number of aromatic nitrogens is 2. The molecule has 0 aliphatic carbocycles. The number of ether oxygens (including phenoxy) is 1. The lowest BCUT2D eigenvalue weighted by molar-refractivity contribution is 0.183. The number of hydrogen-bond donors (Lipinski definition) is 1. The molecule has 0 amide bonds. The molecule has 0 aliphatic rings. The van der Waals surface area contributed by atoms with Crippen molar-refractivity contribution in [3.8, 4) is 0 Å². The second-order valence-electron chi connectivity index (χ2n) is 4.42. The summed E-state index contributed by atoms with van der Waals surface area (Å²) in [6, 6.07) is 5.26. The van der Waals surface area contributed by atoms with Crippen molar-refractivity contribution < 1.29 is 9.13 Å². The van der Waals surface area contributed by atoms with Crippen molar-refractivity contribution in [3.05, 3.63) is 47.5 Å². The van der Waals surface area contributed by atoms with Gasteiger partial charge >= 0.3 is 0 Å². The topological polar surface area (TPSA) is 39.1 Å². The van der Waals surface area contributed by atoms with Crippen LogP contribution in [0.1, 0.15) is 11.1 Å². The maximum atomic E-state index is 13.4. The van der Waals surface area contributed by atoms with Crippen LogP contribution in [0.2, 0.25) is 0 Å². The van der Waals surface area contributed by atoms with Crippen molar-refractivity contribution in [2.24, 2.45) is 0 Å². The van der Waals surface area contributed by atoms with Gasteiger partial charge in [0.05, 0.1) is 25.0 Å². The van der Waals surface area contributed by atoms with Crippen LogP contribution in [-0.4, -0.2) is 23.5 Å². The van der Waals surface area contributed by atoms with Gasteiger partial charge in [-0.25, -0.2) is 4.39 Å². The molecule has 1 heterocycles. The lowest BCUT2D eigenvalue weighted by Crippen LogP contribution is -2.04. The Balaban J connectivity index is 1.91. The van der Waals surface area contributed by atoms with Gasteiger partial charge < -0.3 is 10.1 Å². The van der Waals surface area contributed by atoms with E-state index in [9.17, 15) is 4.39 Å². The molecule has 0 unspecified atom stereocenters. The molecule has 102 valence electrons. The monoisotopic (exact) mass is 263 g/mol. The van der Waals surface area contributed by atoms with Gasteiger partial charge in [0.2, 0.25) is 0 Å². The second-order valence-corrected chi connectivity index (χ2v) is 4.42. The summed E-state index contributed by atoms with van der Waals surface area (Å²) in [6.07, 6.45) is 3.66. The number of hydrogen-bond acceptors (Lipinski definition) is 3. The molecule has 0 bridgehead atoms. The van der Waals surface area contributed by atoms with E-state index in [2.05, 4.69) is 10.4 Å². The maximum Gasteiger partial charge on any atom is 0.126 e. The number of halogens is 1. The molecule has 2 rings (SSSR count). The van der Waals surface area contributed by atoms with E-state index >= 15 is 0 Å². The van der Waals surface area contributed by atoms with Crippen LogP contribution >= 0.6 is 0 Å². The highest BCUT2D eigenvalue weighted by molar-refractivity contribution is 5.39. The summed E-state index contributed by atoms with van der Waals surface area (Å²) in [6.45, 7) is 3.68. The van der Waals surface area contributed by atoms with E-state index in [1.807, 2.05) is 16.9 Å². The van der Waals surface area contributed by atoms with E-state index in [0.29, 0.717) is 18.7 Å². The van der Waals surface area contributed by atoms with Crippen molar-refractivity contribution >= 4 is 5.69 Å². The van der Waals surface area contributed by atoms with E-state index in [0.717, 1.165) is 17.8 Å². The molecule has 0 saturated carbocycles. The zero-order valence-electron chi connectivity index (χ0n) is 11.2. The first-order chi connectivity index (χ1) is 9.19. The molecule has 0 aliphatic heterocycles. The molecule has 4 nitrogen and oxygen atoms in total. The fourth-order valence-electron chi connectivity index (χ4n) is 1.71. The Bertz CT molecular complexity index is 539. The largest absolute Gasteiger partial charge is 0.383 e. The summed E-state index contributed by atoms with van der Waals surface area (Å²) in [7, 11) is 1.66.